The maximum atomic E-state index is 11.6. The van der Waals surface area contributed by atoms with Gasteiger partial charge in [-0.1, -0.05) is 6.92 Å². The summed E-state index contributed by atoms with van der Waals surface area (Å²) >= 11 is 0. The van der Waals surface area contributed by atoms with Crippen LogP contribution in [0.4, 0.5) is 9.59 Å². The minimum Gasteiger partial charge on any atom is -0.316 e. The molecule has 0 aromatic heterocycles. The van der Waals surface area contributed by atoms with Crippen molar-refractivity contribution in [3.8, 4) is 0 Å². The van der Waals surface area contributed by atoms with Gasteiger partial charge in [-0.3, -0.25) is 0 Å². The Morgan fingerprint density at radius 3 is 2.50 bits per heavy atom. The van der Waals surface area contributed by atoms with Crippen LogP contribution in [-0.2, 0) is 0 Å². The Bertz CT molecular complexity index is 254. The standard InChI is InChI=1S/C8H16N4O2/c1-4-6-10-7(13)11(5(2)3)8(14)12(6)9/h5-6H,4,9H2,1-3H3,(H,10,13). The molecule has 4 amide bonds. The summed E-state index contributed by atoms with van der Waals surface area (Å²) in [7, 11) is 0. The van der Waals surface area contributed by atoms with Crippen LogP contribution in [0.5, 0.6) is 0 Å². The summed E-state index contributed by atoms with van der Waals surface area (Å²) in [6.07, 6.45) is 0.199. The lowest BCUT2D eigenvalue weighted by Gasteiger charge is -2.39. The second-order valence-electron chi connectivity index (χ2n) is 3.53. The molecule has 1 aliphatic rings. The molecule has 0 spiro atoms. The highest BCUT2D eigenvalue weighted by molar-refractivity contribution is 5.96. The van der Waals surface area contributed by atoms with Gasteiger partial charge >= 0.3 is 12.1 Å². The van der Waals surface area contributed by atoms with E-state index in [9.17, 15) is 9.59 Å². The predicted molar refractivity (Wildman–Crippen MR) is 51.0 cm³/mol. The van der Waals surface area contributed by atoms with E-state index in [0.717, 1.165) is 9.91 Å². The molecule has 1 heterocycles. The fourth-order valence-electron chi connectivity index (χ4n) is 1.38. The van der Waals surface area contributed by atoms with Crippen LogP contribution in [0.15, 0.2) is 0 Å². The van der Waals surface area contributed by atoms with Gasteiger partial charge in [0.05, 0.1) is 0 Å². The molecule has 0 aromatic rings. The summed E-state index contributed by atoms with van der Waals surface area (Å²) in [4.78, 5) is 24.2. The molecule has 0 bridgehead atoms. The second-order valence-corrected chi connectivity index (χ2v) is 3.53. The number of carbonyl (C=O) groups is 2. The maximum absolute atomic E-state index is 11.6. The van der Waals surface area contributed by atoms with E-state index in [1.165, 1.54) is 0 Å². The molecule has 3 N–H and O–H groups in total. The van der Waals surface area contributed by atoms with Crippen molar-refractivity contribution in [3.05, 3.63) is 0 Å². The van der Waals surface area contributed by atoms with Gasteiger partial charge in [-0.25, -0.2) is 25.3 Å². The zero-order valence-corrected chi connectivity index (χ0v) is 8.65. The average molecular weight is 200 g/mol. The topological polar surface area (TPSA) is 78.7 Å². The number of nitrogens with zero attached hydrogens (tertiary/aromatic N) is 2. The number of imide groups is 1. The van der Waals surface area contributed by atoms with Gasteiger partial charge in [0, 0.05) is 6.04 Å². The van der Waals surface area contributed by atoms with Gasteiger partial charge in [-0.15, -0.1) is 0 Å². The monoisotopic (exact) mass is 200 g/mol. The largest absolute Gasteiger partial charge is 0.344 e. The Morgan fingerprint density at radius 1 is 1.50 bits per heavy atom. The summed E-state index contributed by atoms with van der Waals surface area (Å²) in [5, 5.41) is 3.70. The summed E-state index contributed by atoms with van der Waals surface area (Å²) in [5.74, 6) is 5.55. The van der Waals surface area contributed by atoms with Crippen molar-refractivity contribution in [1.29, 1.82) is 0 Å². The maximum Gasteiger partial charge on any atom is 0.344 e. The van der Waals surface area contributed by atoms with Gasteiger partial charge in [0.1, 0.15) is 6.17 Å². The lowest BCUT2D eigenvalue weighted by atomic mass is 10.3. The first-order valence-corrected chi connectivity index (χ1v) is 4.66. The van der Waals surface area contributed by atoms with Crippen molar-refractivity contribution >= 4 is 12.1 Å². The molecule has 0 aromatic carbocycles. The fraction of sp³-hybridized carbons (Fsp3) is 0.750. The number of nitrogens with two attached hydrogens (primary N) is 1. The molecule has 14 heavy (non-hydrogen) atoms. The number of amides is 4. The highest BCUT2D eigenvalue weighted by Crippen LogP contribution is 2.11. The third kappa shape index (κ3) is 1.65. The fourth-order valence-corrected chi connectivity index (χ4v) is 1.38. The third-order valence-corrected chi connectivity index (χ3v) is 2.17. The number of hydrogen-bond donors (Lipinski definition) is 2. The van der Waals surface area contributed by atoms with Crippen LogP contribution in [-0.4, -0.2) is 34.2 Å². The summed E-state index contributed by atoms with van der Waals surface area (Å²) in [5.41, 5.74) is 0. The first kappa shape index (κ1) is 10.8. The van der Waals surface area contributed by atoms with Crippen LogP contribution < -0.4 is 11.2 Å². The van der Waals surface area contributed by atoms with E-state index >= 15 is 0 Å². The molecular weight excluding hydrogens is 184 g/mol. The van der Waals surface area contributed by atoms with E-state index in [2.05, 4.69) is 5.32 Å². The van der Waals surface area contributed by atoms with Crippen molar-refractivity contribution in [2.75, 3.05) is 0 Å². The lowest BCUT2D eigenvalue weighted by Crippen LogP contribution is -2.68. The van der Waals surface area contributed by atoms with Gasteiger partial charge in [-0.05, 0) is 20.3 Å². The van der Waals surface area contributed by atoms with Gasteiger partial charge in [0.25, 0.3) is 0 Å². The van der Waals surface area contributed by atoms with E-state index in [1.54, 1.807) is 13.8 Å². The second kappa shape index (κ2) is 3.83. The first-order valence-electron chi connectivity index (χ1n) is 4.66. The molecule has 1 atom stereocenters. The number of hydrogen-bond acceptors (Lipinski definition) is 3. The molecule has 0 radical (unpaired) electrons. The molecule has 1 unspecified atom stereocenters. The van der Waals surface area contributed by atoms with Crippen LogP contribution in [0.2, 0.25) is 0 Å². The van der Waals surface area contributed by atoms with E-state index in [4.69, 9.17) is 5.84 Å². The molecular formula is C8H16N4O2. The van der Waals surface area contributed by atoms with E-state index in [0.29, 0.717) is 6.42 Å². The zero-order chi connectivity index (χ0) is 10.9. The average Bonchev–Trinajstić information content (AvgIpc) is 2.10. The Hall–Kier alpha value is -1.30. The van der Waals surface area contributed by atoms with Crippen molar-refractivity contribution < 1.29 is 9.59 Å². The number of urea groups is 2. The van der Waals surface area contributed by atoms with E-state index in [1.807, 2.05) is 6.92 Å². The van der Waals surface area contributed by atoms with Gasteiger partial charge < -0.3 is 5.32 Å². The molecule has 1 rings (SSSR count). The predicted octanol–water partition coefficient (Wildman–Crippen LogP) is 0.452. The molecule has 1 fully saturated rings. The summed E-state index contributed by atoms with van der Waals surface area (Å²) in [6, 6.07) is -1.01. The van der Waals surface area contributed by atoms with E-state index < -0.39 is 12.2 Å². The quantitative estimate of drug-likeness (QED) is 0.502. The Morgan fingerprint density at radius 2 is 2.07 bits per heavy atom. The van der Waals surface area contributed by atoms with Crippen LogP contribution in [0.1, 0.15) is 27.2 Å². The zero-order valence-electron chi connectivity index (χ0n) is 8.65. The Labute approximate surface area is 83.0 Å². The van der Waals surface area contributed by atoms with Crippen LogP contribution in [0.25, 0.3) is 0 Å². The minimum atomic E-state index is -0.449. The number of nitrogens with one attached hydrogen (secondary N) is 1. The van der Waals surface area contributed by atoms with E-state index in [-0.39, 0.29) is 12.1 Å². The third-order valence-electron chi connectivity index (χ3n) is 2.17. The highest BCUT2D eigenvalue weighted by atomic mass is 16.2. The number of rotatable bonds is 2. The van der Waals surface area contributed by atoms with Crippen LogP contribution >= 0.6 is 0 Å². The molecule has 1 aliphatic heterocycles. The normalized spacial score (nSPS) is 23.1. The van der Waals surface area contributed by atoms with Gasteiger partial charge in [0.15, 0.2) is 0 Å². The Balaban J connectivity index is 2.85. The number of carbonyl (C=O) groups excluding carboxylic acids is 2. The lowest BCUT2D eigenvalue weighted by molar-refractivity contribution is 0.0921. The smallest absolute Gasteiger partial charge is 0.316 e. The molecule has 6 heteroatoms. The SMILES string of the molecule is CCC1NC(=O)N(C(C)C)C(=O)N1N. The molecule has 80 valence electrons. The van der Waals surface area contributed by atoms with Crippen molar-refractivity contribution in [2.45, 2.75) is 39.4 Å². The first-order chi connectivity index (χ1) is 6.49. The van der Waals surface area contributed by atoms with Crippen LogP contribution in [0, 0.1) is 0 Å². The molecule has 6 nitrogen and oxygen atoms in total. The summed E-state index contributed by atoms with van der Waals surface area (Å²) in [6.45, 7) is 5.37. The Kier molecular flexibility index (Phi) is 2.95. The number of hydrazine groups is 1. The van der Waals surface area contributed by atoms with Crippen LogP contribution in [0.3, 0.4) is 0 Å². The molecule has 1 saturated heterocycles. The molecule has 0 saturated carbocycles. The van der Waals surface area contributed by atoms with Crippen molar-refractivity contribution in [1.82, 2.24) is 15.2 Å². The van der Waals surface area contributed by atoms with Gasteiger partial charge in [-0.2, -0.15) is 0 Å². The highest BCUT2D eigenvalue weighted by Gasteiger charge is 2.37. The molecule has 0 aliphatic carbocycles. The van der Waals surface area contributed by atoms with Crippen molar-refractivity contribution in [3.63, 3.8) is 0 Å². The minimum absolute atomic E-state index is 0.189. The van der Waals surface area contributed by atoms with Crippen molar-refractivity contribution in [2.24, 2.45) is 5.84 Å². The summed E-state index contributed by atoms with van der Waals surface area (Å²) < 4.78 is 0. The van der Waals surface area contributed by atoms with Gasteiger partial charge in [0.2, 0.25) is 0 Å².